The smallest absolute Gasteiger partial charge is 0.354 e. The number of fused-ring (bicyclic) bond motifs is 4. The topological polar surface area (TPSA) is 126 Å². The molecule has 0 spiro atoms. The van der Waals surface area contributed by atoms with E-state index in [4.69, 9.17) is 19.3 Å². The fourth-order valence-corrected chi connectivity index (χ4v) is 4.37. The first kappa shape index (κ1) is 21.8. The van der Waals surface area contributed by atoms with E-state index in [0.717, 1.165) is 27.9 Å². The lowest BCUT2D eigenvalue weighted by Crippen LogP contribution is -2.35. The van der Waals surface area contributed by atoms with Gasteiger partial charge in [-0.15, -0.1) is 0 Å². The third-order valence-corrected chi connectivity index (χ3v) is 6.14. The van der Waals surface area contributed by atoms with Gasteiger partial charge in [0.05, 0.1) is 5.69 Å². The molecule has 0 amide bonds. The van der Waals surface area contributed by atoms with Gasteiger partial charge in [0.15, 0.2) is 11.9 Å². The summed E-state index contributed by atoms with van der Waals surface area (Å²) in [5.74, 6) is 0.152. The van der Waals surface area contributed by atoms with Crippen LogP contribution in [0.2, 0.25) is 0 Å². The van der Waals surface area contributed by atoms with Gasteiger partial charge < -0.3 is 19.3 Å². The van der Waals surface area contributed by atoms with Gasteiger partial charge in [-0.3, -0.25) is 4.57 Å². The van der Waals surface area contributed by atoms with Crippen molar-refractivity contribution in [3.05, 3.63) is 82.7 Å². The van der Waals surface area contributed by atoms with Gasteiger partial charge in [-0.25, -0.2) is 19.6 Å². The Balaban J connectivity index is 1.24. The number of pyridine rings is 2. The average Bonchev–Trinajstić information content (AvgIpc) is 2.91. The van der Waals surface area contributed by atoms with Crippen LogP contribution in [0, 0.1) is 0 Å². The minimum atomic E-state index is -1.06. The summed E-state index contributed by atoms with van der Waals surface area (Å²) in [4.78, 5) is 36.0. The Hall–Kier alpha value is -4.73. The van der Waals surface area contributed by atoms with Crippen molar-refractivity contribution in [3.63, 3.8) is 0 Å². The summed E-state index contributed by atoms with van der Waals surface area (Å²) in [7, 11) is 0. The molecule has 1 N–H and O–H groups in total. The van der Waals surface area contributed by atoms with E-state index < -0.39 is 5.97 Å². The van der Waals surface area contributed by atoms with E-state index >= 15 is 0 Å². The number of nitrogens with zero attached hydrogens (tertiary/aromatic N) is 4. The number of aromatic nitrogens is 4. The molecule has 1 aromatic carbocycles. The molecule has 36 heavy (non-hydrogen) atoms. The van der Waals surface area contributed by atoms with E-state index in [1.54, 1.807) is 41.2 Å². The summed E-state index contributed by atoms with van der Waals surface area (Å²) in [5, 5.41) is 9.07. The number of aryl methyl sites for hydroxylation is 1. The minimum Gasteiger partial charge on any atom is -0.478 e. The molecule has 0 bridgehead atoms. The van der Waals surface area contributed by atoms with Gasteiger partial charge in [-0.05, 0) is 35.7 Å². The number of ether oxygens (including phenoxy) is 3. The van der Waals surface area contributed by atoms with E-state index in [0.29, 0.717) is 24.6 Å². The first-order valence-corrected chi connectivity index (χ1v) is 11.4. The number of hydrogen-bond acceptors (Lipinski definition) is 8. The Labute approximate surface area is 204 Å². The van der Waals surface area contributed by atoms with Gasteiger partial charge in [0, 0.05) is 36.1 Å². The highest BCUT2D eigenvalue weighted by atomic mass is 16.6. The van der Waals surface area contributed by atoms with Crippen LogP contribution in [0.15, 0.2) is 65.7 Å². The summed E-state index contributed by atoms with van der Waals surface area (Å²) >= 11 is 0. The van der Waals surface area contributed by atoms with Crippen LogP contribution in [0.5, 0.6) is 17.5 Å². The van der Waals surface area contributed by atoms with Crippen LogP contribution in [-0.4, -0.2) is 49.9 Å². The molecule has 2 aliphatic rings. The normalized spacial score (nSPS) is 15.5. The zero-order valence-electron chi connectivity index (χ0n) is 19.0. The van der Waals surface area contributed by atoms with Crippen molar-refractivity contribution in [2.45, 2.75) is 19.1 Å². The van der Waals surface area contributed by atoms with Crippen LogP contribution < -0.4 is 19.9 Å². The van der Waals surface area contributed by atoms with Crippen molar-refractivity contribution in [1.82, 2.24) is 19.5 Å². The maximum absolute atomic E-state index is 12.7. The maximum atomic E-state index is 12.7. The van der Waals surface area contributed by atoms with Crippen LogP contribution in [0.25, 0.3) is 22.4 Å². The molecule has 5 heterocycles. The standard InChI is InChI=1S/C26H20N4O6/c31-25(32)20-6-4-17(12-28-20)15-3-5-19-16(10-15)7-9-30-21(19)11-23(29-26(30)33)34-13-18-14-35-24-22(36-18)2-1-8-27-24/h1-6,8,10-12,18H,7,9,13-14H2,(H,31,32). The van der Waals surface area contributed by atoms with Crippen molar-refractivity contribution >= 4 is 5.97 Å². The highest BCUT2D eigenvalue weighted by Gasteiger charge is 2.24. The van der Waals surface area contributed by atoms with Gasteiger partial charge in [-0.1, -0.05) is 24.3 Å². The average molecular weight is 484 g/mol. The molecule has 1 unspecified atom stereocenters. The molecule has 0 aliphatic carbocycles. The predicted octanol–water partition coefficient (Wildman–Crippen LogP) is 2.84. The SMILES string of the molecule is O=C(O)c1ccc(-c2ccc3c(c2)CCn2c-3cc(OCC3COc4ncccc4O3)nc2=O)cn1. The maximum Gasteiger partial charge on any atom is 0.354 e. The molecule has 2 aliphatic heterocycles. The van der Waals surface area contributed by atoms with Gasteiger partial charge in [0.2, 0.25) is 5.88 Å². The minimum absolute atomic E-state index is 0.00360. The summed E-state index contributed by atoms with van der Waals surface area (Å²) in [5.41, 5.74) is 4.07. The number of benzene rings is 1. The molecule has 10 nitrogen and oxygen atoms in total. The number of carboxylic acids is 1. The second-order valence-electron chi connectivity index (χ2n) is 8.44. The van der Waals surface area contributed by atoms with Crippen LogP contribution >= 0.6 is 0 Å². The summed E-state index contributed by atoms with van der Waals surface area (Å²) in [6, 6.07) is 14.4. The lowest BCUT2D eigenvalue weighted by molar-refractivity contribution is 0.0486. The van der Waals surface area contributed by atoms with Crippen molar-refractivity contribution in [3.8, 4) is 39.9 Å². The first-order valence-electron chi connectivity index (χ1n) is 11.4. The van der Waals surface area contributed by atoms with Crippen molar-refractivity contribution in [2.75, 3.05) is 13.2 Å². The van der Waals surface area contributed by atoms with E-state index in [9.17, 15) is 9.59 Å². The lowest BCUT2D eigenvalue weighted by Gasteiger charge is -2.26. The second-order valence-corrected chi connectivity index (χ2v) is 8.44. The van der Waals surface area contributed by atoms with E-state index in [2.05, 4.69) is 15.0 Å². The zero-order valence-corrected chi connectivity index (χ0v) is 19.0. The molecule has 4 aromatic rings. The Morgan fingerprint density at radius 3 is 2.86 bits per heavy atom. The molecular weight excluding hydrogens is 464 g/mol. The quantitative estimate of drug-likeness (QED) is 0.455. The van der Waals surface area contributed by atoms with Gasteiger partial charge in [0.1, 0.15) is 18.9 Å². The summed E-state index contributed by atoms with van der Waals surface area (Å²) in [6.07, 6.45) is 3.49. The van der Waals surface area contributed by atoms with Crippen molar-refractivity contribution < 1.29 is 24.1 Å². The Morgan fingerprint density at radius 2 is 2.03 bits per heavy atom. The Morgan fingerprint density at radius 1 is 1.14 bits per heavy atom. The number of aromatic carboxylic acids is 1. The Kier molecular flexibility index (Phi) is 5.33. The number of hydrogen-bond donors (Lipinski definition) is 1. The van der Waals surface area contributed by atoms with Crippen LogP contribution in [-0.2, 0) is 13.0 Å². The highest BCUT2D eigenvalue weighted by molar-refractivity contribution is 5.86. The molecule has 3 aromatic heterocycles. The molecule has 1 atom stereocenters. The second kappa shape index (κ2) is 8.81. The van der Waals surface area contributed by atoms with Crippen LogP contribution in [0.4, 0.5) is 0 Å². The van der Waals surface area contributed by atoms with E-state index in [-0.39, 0.29) is 36.6 Å². The fraction of sp³-hybridized carbons (Fsp3) is 0.192. The molecule has 0 fully saturated rings. The summed E-state index contributed by atoms with van der Waals surface area (Å²) in [6.45, 7) is 0.939. The van der Waals surface area contributed by atoms with E-state index in [1.165, 1.54) is 6.07 Å². The highest BCUT2D eigenvalue weighted by Crippen LogP contribution is 2.33. The molecule has 6 rings (SSSR count). The molecule has 0 saturated carbocycles. The molecular formula is C26H20N4O6. The molecule has 10 heteroatoms. The van der Waals surface area contributed by atoms with Crippen LogP contribution in [0.1, 0.15) is 16.1 Å². The summed E-state index contributed by atoms with van der Waals surface area (Å²) < 4.78 is 19.0. The lowest BCUT2D eigenvalue weighted by atomic mass is 9.93. The molecule has 180 valence electrons. The van der Waals surface area contributed by atoms with Gasteiger partial charge >= 0.3 is 11.7 Å². The van der Waals surface area contributed by atoms with Gasteiger partial charge in [0.25, 0.3) is 5.88 Å². The molecule has 0 radical (unpaired) electrons. The third-order valence-electron chi connectivity index (χ3n) is 6.14. The predicted molar refractivity (Wildman–Crippen MR) is 127 cm³/mol. The Bertz CT molecular complexity index is 1530. The monoisotopic (exact) mass is 484 g/mol. The number of carbonyl (C=O) groups is 1. The van der Waals surface area contributed by atoms with E-state index in [1.807, 2.05) is 18.2 Å². The largest absolute Gasteiger partial charge is 0.478 e. The van der Waals surface area contributed by atoms with Crippen LogP contribution in [0.3, 0.4) is 0 Å². The van der Waals surface area contributed by atoms with Crippen molar-refractivity contribution in [1.29, 1.82) is 0 Å². The van der Waals surface area contributed by atoms with Gasteiger partial charge in [-0.2, -0.15) is 4.98 Å². The number of carboxylic acid groups (broad SMARTS) is 1. The first-order chi connectivity index (χ1) is 17.5. The molecule has 0 saturated heterocycles. The zero-order chi connectivity index (χ0) is 24.6. The third kappa shape index (κ3) is 4.02. The number of rotatable bonds is 5. The fourth-order valence-electron chi connectivity index (χ4n) is 4.37. The van der Waals surface area contributed by atoms with Crippen molar-refractivity contribution in [2.24, 2.45) is 0 Å².